The third-order valence-electron chi connectivity index (χ3n) is 5.42. The van der Waals surface area contributed by atoms with Gasteiger partial charge in [-0.3, -0.25) is 4.79 Å². The summed E-state index contributed by atoms with van der Waals surface area (Å²) in [7, 11) is -3.77. The van der Waals surface area contributed by atoms with Gasteiger partial charge >= 0.3 is 0 Å². The zero-order chi connectivity index (χ0) is 22.0. The molecule has 8 heteroatoms. The Bertz CT molecular complexity index is 1190. The van der Waals surface area contributed by atoms with Crippen molar-refractivity contribution in [2.75, 3.05) is 6.54 Å². The van der Waals surface area contributed by atoms with Gasteiger partial charge in [-0.15, -0.1) is 0 Å². The Labute approximate surface area is 190 Å². The second-order valence-corrected chi connectivity index (χ2v) is 10.3. The number of nitrogens with zero attached hydrogens (tertiary/aromatic N) is 1. The number of fused-ring (bicyclic) bond motifs is 1. The summed E-state index contributed by atoms with van der Waals surface area (Å²) in [4.78, 5) is 13.0. The molecule has 1 aromatic heterocycles. The highest BCUT2D eigenvalue weighted by Gasteiger charge is 2.37. The second-order valence-electron chi connectivity index (χ2n) is 7.53. The minimum atomic E-state index is -3.77. The van der Waals surface area contributed by atoms with Gasteiger partial charge in [-0.2, -0.15) is 4.31 Å². The molecule has 0 saturated carbocycles. The molecule has 0 spiro atoms. The van der Waals surface area contributed by atoms with Gasteiger partial charge in [0.25, 0.3) is 0 Å². The summed E-state index contributed by atoms with van der Waals surface area (Å²) in [6.07, 6.45) is 0.641. The Morgan fingerprint density at radius 3 is 2.58 bits per heavy atom. The van der Waals surface area contributed by atoms with Crippen molar-refractivity contribution >= 4 is 31.9 Å². The zero-order valence-corrected chi connectivity index (χ0v) is 19.4. The van der Waals surface area contributed by atoms with Gasteiger partial charge in [0.2, 0.25) is 15.9 Å². The monoisotopic (exact) mass is 502 g/mol. The van der Waals surface area contributed by atoms with E-state index in [9.17, 15) is 13.2 Å². The van der Waals surface area contributed by atoms with Crippen molar-refractivity contribution in [1.29, 1.82) is 0 Å². The van der Waals surface area contributed by atoms with Gasteiger partial charge in [-0.25, -0.2) is 8.42 Å². The Morgan fingerprint density at radius 1 is 1.13 bits per heavy atom. The highest BCUT2D eigenvalue weighted by molar-refractivity contribution is 9.10. The van der Waals surface area contributed by atoms with Crippen LogP contribution in [0.3, 0.4) is 0 Å². The first-order valence-electron chi connectivity index (χ1n) is 10.0. The van der Waals surface area contributed by atoms with Gasteiger partial charge in [0.1, 0.15) is 11.5 Å². The maximum absolute atomic E-state index is 13.4. The standard InChI is InChI=1S/C23H23BrN2O4S/c1-16-6-9-19(30-16)15-25-23(27)14-22-21-5-3-2-4-17(21)12-13-26(22)31(28,29)20-10-7-18(24)8-11-20/h2-11,22H,12-15H2,1H3,(H,25,27). The second kappa shape index (κ2) is 8.98. The van der Waals surface area contributed by atoms with Crippen molar-refractivity contribution in [1.82, 2.24) is 9.62 Å². The molecule has 1 aliphatic heterocycles. The van der Waals surface area contributed by atoms with Crippen LogP contribution < -0.4 is 5.32 Å². The molecule has 1 aliphatic rings. The van der Waals surface area contributed by atoms with Crippen molar-refractivity contribution in [3.63, 3.8) is 0 Å². The van der Waals surface area contributed by atoms with Gasteiger partial charge < -0.3 is 9.73 Å². The molecule has 0 radical (unpaired) electrons. The van der Waals surface area contributed by atoms with E-state index < -0.39 is 16.1 Å². The number of benzene rings is 2. The van der Waals surface area contributed by atoms with Gasteiger partial charge in [-0.05, 0) is 60.9 Å². The Hall–Kier alpha value is -2.42. The van der Waals surface area contributed by atoms with Gasteiger partial charge in [-0.1, -0.05) is 40.2 Å². The van der Waals surface area contributed by atoms with E-state index in [1.807, 2.05) is 43.3 Å². The lowest BCUT2D eigenvalue weighted by atomic mass is 9.92. The minimum Gasteiger partial charge on any atom is -0.465 e. The molecule has 1 atom stereocenters. The number of hydrogen-bond acceptors (Lipinski definition) is 4. The SMILES string of the molecule is Cc1ccc(CNC(=O)CC2c3ccccc3CCN2S(=O)(=O)c2ccc(Br)cc2)o1. The Kier molecular flexibility index (Phi) is 6.31. The summed E-state index contributed by atoms with van der Waals surface area (Å²) in [6, 6.07) is 17.4. The number of rotatable bonds is 6. The maximum Gasteiger partial charge on any atom is 0.243 e. The molecule has 2 aromatic carbocycles. The van der Waals surface area contributed by atoms with Crippen molar-refractivity contribution in [3.05, 3.63) is 87.8 Å². The van der Waals surface area contributed by atoms with Crippen molar-refractivity contribution in [3.8, 4) is 0 Å². The van der Waals surface area contributed by atoms with Crippen LogP contribution in [0.4, 0.5) is 0 Å². The summed E-state index contributed by atoms with van der Waals surface area (Å²) in [5.74, 6) is 1.21. The number of nitrogens with one attached hydrogen (secondary N) is 1. The smallest absolute Gasteiger partial charge is 0.243 e. The maximum atomic E-state index is 13.4. The van der Waals surface area contributed by atoms with Gasteiger partial charge in [0.15, 0.2) is 0 Å². The number of amides is 1. The molecule has 0 fully saturated rings. The van der Waals surface area contributed by atoms with E-state index in [2.05, 4.69) is 21.2 Å². The summed E-state index contributed by atoms with van der Waals surface area (Å²) in [6.45, 7) is 2.43. The minimum absolute atomic E-state index is 0.0342. The number of carbonyl (C=O) groups is 1. The lowest BCUT2D eigenvalue weighted by Gasteiger charge is -2.36. The van der Waals surface area contributed by atoms with Crippen LogP contribution in [0.5, 0.6) is 0 Å². The van der Waals surface area contributed by atoms with Crippen molar-refractivity contribution < 1.29 is 17.6 Å². The average Bonchev–Trinajstić information content (AvgIpc) is 3.18. The fourth-order valence-corrected chi connectivity index (χ4v) is 5.75. The van der Waals surface area contributed by atoms with E-state index >= 15 is 0 Å². The highest BCUT2D eigenvalue weighted by Crippen LogP contribution is 2.36. The summed E-state index contributed by atoms with van der Waals surface area (Å²) >= 11 is 3.34. The third-order valence-corrected chi connectivity index (χ3v) is 7.87. The molecule has 0 bridgehead atoms. The molecule has 1 amide bonds. The van der Waals surface area contributed by atoms with Gasteiger partial charge in [0, 0.05) is 17.4 Å². The van der Waals surface area contributed by atoms with Crippen LogP contribution in [0.2, 0.25) is 0 Å². The molecule has 1 unspecified atom stereocenters. The Morgan fingerprint density at radius 2 is 1.87 bits per heavy atom. The van der Waals surface area contributed by atoms with E-state index in [1.54, 1.807) is 24.3 Å². The molecule has 162 valence electrons. The molecule has 31 heavy (non-hydrogen) atoms. The van der Waals surface area contributed by atoms with Crippen LogP contribution in [0.15, 0.2) is 74.4 Å². The molecule has 3 aromatic rings. The molecular formula is C23H23BrN2O4S. The summed E-state index contributed by atoms with van der Waals surface area (Å²) in [5.41, 5.74) is 1.95. The molecule has 0 saturated heterocycles. The lowest BCUT2D eigenvalue weighted by molar-refractivity contribution is -0.122. The molecule has 0 aliphatic carbocycles. The number of sulfonamides is 1. The normalized spacial score (nSPS) is 16.6. The van der Waals surface area contributed by atoms with Crippen LogP contribution in [0, 0.1) is 6.92 Å². The molecule has 4 rings (SSSR count). The van der Waals surface area contributed by atoms with E-state index in [0.717, 1.165) is 21.4 Å². The Balaban J connectivity index is 1.60. The molecular weight excluding hydrogens is 480 g/mol. The van der Waals surface area contributed by atoms with Crippen LogP contribution >= 0.6 is 15.9 Å². The topological polar surface area (TPSA) is 79.6 Å². The number of carbonyl (C=O) groups excluding carboxylic acids is 1. The van der Waals surface area contributed by atoms with Crippen LogP contribution in [-0.4, -0.2) is 25.2 Å². The van der Waals surface area contributed by atoms with Gasteiger partial charge in [0.05, 0.1) is 17.5 Å². The molecule has 2 heterocycles. The van der Waals surface area contributed by atoms with Crippen LogP contribution in [0.25, 0.3) is 0 Å². The number of hydrogen-bond donors (Lipinski definition) is 1. The summed E-state index contributed by atoms with van der Waals surface area (Å²) in [5, 5.41) is 2.85. The fraction of sp³-hybridized carbons (Fsp3) is 0.261. The lowest BCUT2D eigenvalue weighted by Crippen LogP contribution is -2.42. The van der Waals surface area contributed by atoms with Crippen LogP contribution in [0.1, 0.15) is 35.1 Å². The van der Waals surface area contributed by atoms with E-state index in [-0.39, 0.29) is 23.8 Å². The van der Waals surface area contributed by atoms with E-state index in [4.69, 9.17) is 4.42 Å². The fourth-order valence-electron chi connectivity index (χ4n) is 3.88. The first-order chi connectivity index (χ1) is 14.8. The quantitative estimate of drug-likeness (QED) is 0.543. The van der Waals surface area contributed by atoms with Crippen molar-refractivity contribution in [2.24, 2.45) is 0 Å². The average molecular weight is 503 g/mol. The molecule has 6 nitrogen and oxygen atoms in total. The first kappa shape index (κ1) is 21.8. The largest absolute Gasteiger partial charge is 0.465 e. The number of aryl methyl sites for hydroxylation is 1. The number of halogens is 1. The first-order valence-corrected chi connectivity index (χ1v) is 12.2. The molecule has 1 N–H and O–H groups in total. The predicted octanol–water partition coefficient (Wildman–Crippen LogP) is 4.35. The predicted molar refractivity (Wildman–Crippen MR) is 121 cm³/mol. The van der Waals surface area contributed by atoms with Crippen molar-refractivity contribution in [2.45, 2.75) is 37.2 Å². The zero-order valence-electron chi connectivity index (χ0n) is 17.0. The third kappa shape index (κ3) is 4.76. The number of furan rings is 1. The highest BCUT2D eigenvalue weighted by atomic mass is 79.9. The summed E-state index contributed by atoms with van der Waals surface area (Å²) < 4.78 is 34.6. The van der Waals surface area contributed by atoms with E-state index in [0.29, 0.717) is 18.7 Å². The van der Waals surface area contributed by atoms with Crippen LogP contribution in [-0.2, 0) is 27.8 Å². The van der Waals surface area contributed by atoms with E-state index in [1.165, 1.54) is 4.31 Å².